The minimum atomic E-state index is -1.01. The maximum absolute atomic E-state index is 10.9. The highest BCUT2D eigenvalue weighted by molar-refractivity contribution is 7.71. The molecule has 0 unspecified atom stereocenters. The van der Waals surface area contributed by atoms with Crippen molar-refractivity contribution in [3.05, 3.63) is 47.0 Å². The summed E-state index contributed by atoms with van der Waals surface area (Å²) in [5, 5.41) is 8.95. The Labute approximate surface area is 90.8 Å². The van der Waals surface area contributed by atoms with Crippen molar-refractivity contribution in [2.45, 2.75) is 0 Å². The number of hydrogen-bond acceptors (Lipinski definition) is 2. The van der Waals surface area contributed by atoms with Gasteiger partial charge in [-0.2, -0.15) is 0 Å². The lowest BCUT2D eigenvalue weighted by Crippen LogP contribution is -2.06. The van der Waals surface area contributed by atoms with Gasteiger partial charge in [-0.15, -0.1) is 0 Å². The van der Waals surface area contributed by atoms with Gasteiger partial charge in [-0.1, -0.05) is 18.2 Å². The number of nitrogens with one attached hydrogen (secondary N) is 1. The van der Waals surface area contributed by atoms with E-state index in [0.29, 0.717) is 4.77 Å². The van der Waals surface area contributed by atoms with E-state index in [9.17, 15) is 4.79 Å². The first-order valence-electron chi connectivity index (χ1n) is 4.29. The second-order valence-electron chi connectivity index (χ2n) is 2.96. The van der Waals surface area contributed by atoms with Crippen molar-refractivity contribution < 1.29 is 9.90 Å². The summed E-state index contributed by atoms with van der Waals surface area (Å²) in [7, 11) is 0. The average Bonchev–Trinajstić information content (AvgIpc) is 2.61. The summed E-state index contributed by atoms with van der Waals surface area (Å²) in [6.45, 7) is 0. The Balaban J connectivity index is 2.67. The molecule has 0 aliphatic carbocycles. The van der Waals surface area contributed by atoms with Crippen LogP contribution in [0.5, 0.6) is 0 Å². The van der Waals surface area contributed by atoms with Gasteiger partial charge in [-0.05, 0) is 24.4 Å². The van der Waals surface area contributed by atoms with Crippen LogP contribution < -0.4 is 0 Å². The molecular formula is C10H8N2O2S. The second-order valence-corrected chi connectivity index (χ2v) is 3.34. The zero-order chi connectivity index (χ0) is 10.8. The van der Waals surface area contributed by atoms with Crippen LogP contribution in [0.1, 0.15) is 10.5 Å². The number of carboxylic acid groups (broad SMARTS) is 1. The summed E-state index contributed by atoms with van der Waals surface area (Å²) < 4.78 is 1.86. The summed E-state index contributed by atoms with van der Waals surface area (Å²) in [6, 6.07) is 9.12. The molecule has 2 N–H and O–H groups in total. The van der Waals surface area contributed by atoms with Crippen LogP contribution in [0.4, 0.5) is 0 Å². The van der Waals surface area contributed by atoms with Crippen LogP contribution in [0.25, 0.3) is 5.69 Å². The third-order valence-corrected chi connectivity index (χ3v) is 2.31. The van der Waals surface area contributed by atoms with E-state index in [4.69, 9.17) is 17.3 Å². The number of nitrogens with zero attached hydrogens (tertiary/aromatic N) is 1. The SMILES string of the molecule is O=C(O)c1c[nH]c(=S)n1-c1ccccc1. The van der Waals surface area contributed by atoms with Crippen LogP contribution in [0.2, 0.25) is 0 Å². The van der Waals surface area contributed by atoms with Crippen molar-refractivity contribution in [3.63, 3.8) is 0 Å². The lowest BCUT2D eigenvalue weighted by molar-refractivity contribution is 0.0688. The van der Waals surface area contributed by atoms with Crippen molar-refractivity contribution in [1.82, 2.24) is 9.55 Å². The van der Waals surface area contributed by atoms with Crippen LogP contribution in [-0.2, 0) is 0 Å². The summed E-state index contributed by atoms with van der Waals surface area (Å²) in [4.78, 5) is 13.6. The standard InChI is InChI=1S/C10H8N2O2S/c13-9(14)8-6-11-10(15)12(8)7-4-2-1-3-5-7/h1-6H,(H,11,15)(H,13,14). The largest absolute Gasteiger partial charge is 0.477 e. The number of para-hydroxylation sites is 1. The third-order valence-electron chi connectivity index (χ3n) is 2.01. The van der Waals surface area contributed by atoms with E-state index >= 15 is 0 Å². The molecule has 1 heterocycles. The second kappa shape index (κ2) is 3.70. The molecule has 1 aromatic carbocycles. The fraction of sp³-hybridized carbons (Fsp3) is 0. The highest BCUT2D eigenvalue weighted by Crippen LogP contribution is 2.11. The van der Waals surface area contributed by atoms with Gasteiger partial charge in [0.25, 0.3) is 0 Å². The zero-order valence-electron chi connectivity index (χ0n) is 7.68. The fourth-order valence-corrected chi connectivity index (χ4v) is 1.62. The van der Waals surface area contributed by atoms with Crippen LogP contribution in [0, 0.1) is 4.77 Å². The minimum Gasteiger partial charge on any atom is -0.477 e. The van der Waals surface area contributed by atoms with Gasteiger partial charge >= 0.3 is 5.97 Å². The molecule has 0 spiro atoms. The third kappa shape index (κ3) is 1.69. The molecule has 0 atom stereocenters. The van der Waals surface area contributed by atoms with Crippen LogP contribution in [-0.4, -0.2) is 20.6 Å². The van der Waals surface area contributed by atoms with E-state index in [1.54, 1.807) is 12.1 Å². The van der Waals surface area contributed by atoms with Gasteiger partial charge in [0, 0.05) is 11.9 Å². The maximum atomic E-state index is 10.9. The molecule has 0 aliphatic heterocycles. The number of aromatic nitrogens is 2. The number of benzene rings is 1. The number of hydrogen-bond donors (Lipinski definition) is 2. The maximum Gasteiger partial charge on any atom is 0.354 e. The summed E-state index contributed by atoms with van der Waals surface area (Å²) in [6.07, 6.45) is 1.39. The summed E-state index contributed by atoms with van der Waals surface area (Å²) in [5.41, 5.74) is 0.868. The zero-order valence-corrected chi connectivity index (χ0v) is 8.49. The molecule has 1 aromatic heterocycles. The smallest absolute Gasteiger partial charge is 0.354 e. The van der Waals surface area contributed by atoms with E-state index in [1.807, 2.05) is 18.2 Å². The van der Waals surface area contributed by atoms with E-state index in [0.717, 1.165) is 5.69 Å². The Morgan fingerprint density at radius 1 is 1.33 bits per heavy atom. The van der Waals surface area contributed by atoms with E-state index in [1.165, 1.54) is 10.8 Å². The predicted octanol–water partition coefficient (Wildman–Crippen LogP) is 2.23. The van der Waals surface area contributed by atoms with Crippen molar-refractivity contribution >= 4 is 18.2 Å². The molecule has 0 amide bonds. The van der Waals surface area contributed by atoms with Gasteiger partial charge in [0.2, 0.25) is 0 Å². The molecule has 76 valence electrons. The molecule has 0 aliphatic rings. The molecule has 0 radical (unpaired) electrons. The van der Waals surface area contributed by atoms with Gasteiger partial charge in [-0.25, -0.2) is 4.79 Å². The van der Waals surface area contributed by atoms with E-state index in [-0.39, 0.29) is 5.69 Å². The number of carbonyl (C=O) groups is 1. The minimum absolute atomic E-state index is 0.131. The first-order valence-corrected chi connectivity index (χ1v) is 4.70. The van der Waals surface area contributed by atoms with Crippen LogP contribution >= 0.6 is 12.2 Å². The van der Waals surface area contributed by atoms with Crippen molar-refractivity contribution in [1.29, 1.82) is 0 Å². The average molecular weight is 220 g/mol. The molecule has 0 saturated carbocycles. The molecule has 0 fully saturated rings. The Kier molecular flexibility index (Phi) is 2.39. The monoisotopic (exact) mass is 220 g/mol. The first kappa shape index (κ1) is 9.67. The molecule has 0 bridgehead atoms. The van der Waals surface area contributed by atoms with Crippen LogP contribution in [0.3, 0.4) is 0 Å². The molecule has 0 saturated heterocycles. The topological polar surface area (TPSA) is 58.0 Å². The van der Waals surface area contributed by atoms with Gasteiger partial charge in [0.05, 0.1) is 0 Å². The van der Waals surface area contributed by atoms with E-state index < -0.39 is 5.97 Å². The van der Waals surface area contributed by atoms with Crippen molar-refractivity contribution in [2.75, 3.05) is 0 Å². The quantitative estimate of drug-likeness (QED) is 0.763. The lowest BCUT2D eigenvalue weighted by Gasteiger charge is -2.04. The number of H-pyrrole nitrogens is 1. The molecule has 2 rings (SSSR count). The molecule has 4 nitrogen and oxygen atoms in total. The number of aromatic carboxylic acids is 1. The Morgan fingerprint density at radius 2 is 2.00 bits per heavy atom. The number of rotatable bonds is 2. The molecule has 2 aromatic rings. The number of aromatic amines is 1. The molecular weight excluding hydrogens is 212 g/mol. The lowest BCUT2D eigenvalue weighted by atomic mass is 10.3. The first-order chi connectivity index (χ1) is 7.20. The molecule has 15 heavy (non-hydrogen) atoms. The molecule has 5 heteroatoms. The Hall–Kier alpha value is -1.88. The van der Waals surface area contributed by atoms with Gasteiger partial charge in [0.15, 0.2) is 4.77 Å². The van der Waals surface area contributed by atoms with Crippen molar-refractivity contribution in [3.8, 4) is 5.69 Å². The van der Waals surface area contributed by atoms with Crippen molar-refractivity contribution in [2.24, 2.45) is 0 Å². The highest BCUT2D eigenvalue weighted by Gasteiger charge is 2.11. The van der Waals surface area contributed by atoms with Crippen LogP contribution in [0.15, 0.2) is 36.5 Å². The predicted molar refractivity (Wildman–Crippen MR) is 57.9 cm³/mol. The Bertz CT molecular complexity index is 542. The normalized spacial score (nSPS) is 10.1. The van der Waals surface area contributed by atoms with Gasteiger partial charge in [-0.3, -0.25) is 4.57 Å². The Morgan fingerprint density at radius 3 is 2.60 bits per heavy atom. The number of carboxylic acids is 1. The summed E-state index contributed by atoms with van der Waals surface area (Å²) >= 11 is 5.02. The summed E-state index contributed by atoms with van der Waals surface area (Å²) in [5.74, 6) is -1.01. The highest BCUT2D eigenvalue weighted by atomic mass is 32.1. The van der Waals surface area contributed by atoms with Gasteiger partial charge in [0.1, 0.15) is 5.69 Å². The van der Waals surface area contributed by atoms with E-state index in [2.05, 4.69) is 4.98 Å². The fourth-order valence-electron chi connectivity index (χ4n) is 1.36. The number of imidazole rings is 1. The van der Waals surface area contributed by atoms with Gasteiger partial charge < -0.3 is 10.1 Å².